The molecule has 0 saturated heterocycles. The van der Waals surface area contributed by atoms with E-state index in [9.17, 15) is 4.79 Å². The number of nitrogens with zero attached hydrogens (tertiary/aromatic N) is 4. The van der Waals surface area contributed by atoms with Gasteiger partial charge in [-0.2, -0.15) is 5.10 Å². The molecule has 0 amide bonds. The van der Waals surface area contributed by atoms with Crippen molar-refractivity contribution < 1.29 is 0 Å². The molecule has 3 aromatic rings. The van der Waals surface area contributed by atoms with Crippen molar-refractivity contribution in [2.24, 2.45) is 7.05 Å². The highest BCUT2D eigenvalue weighted by Crippen LogP contribution is 2.21. The van der Waals surface area contributed by atoms with Gasteiger partial charge in [-0.15, -0.1) is 11.3 Å². The molecule has 0 N–H and O–H groups in total. The molecule has 98 valence electrons. The van der Waals surface area contributed by atoms with E-state index >= 15 is 0 Å². The fraction of sp³-hybridized carbons (Fsp3) is 0.250. The first-order valence-corrected chi connectivity index (χ1v) is 7.36. The minimum absolute atomic E-state index is 0.00856. The molecule has 0 aromatic carbocycles. The Bertz CT molecular complexity index is 817. The zero-order chi connectivity index (χ0) is 13.6. The van der Waals surface area contributed by atoms with Crippen molar-refractivity contribution in [3.63, 3.8) is 0 Å². The van der Waals surface area contributed by atoms with Crippen molar-refractivity contribution in [1.29, 1.82) is 0 Å². The molecular weight excluding hydrogens is 328 g/mol. The van der Waals surface area contributed by atoms with Crippen LogP contribution in [0.15, 0.2) is 27.0 Å². The Balaban J connectivity index is 2.10. The second-order valence-electron chi connectivity index (χ2n) is 4.28. The second kappa shape index (κ2) is 4.57. The fourth-order valence-corrected chi connectivity index (χ4v) is 3.26. The van der Waals surface area contributed by atoms with Gasteiger partial charge in [0.15, 0.2) is 0 Å². The number of fused-ring (bicyclic) bond motifs is 1. The number of halogens is 1. The summed E-state index contributed by atoms with van der Waals surface area (Å²) in [6.07, 6.45) is 1.59. The quantitative estimate of drug-likeness (QED) is 0.720. The molecule has 0 aliphatic rings. The normalized spacial score (nSPS) is 11.3. The first-order chi connectivity index (χ1) is 9.08. The van der Waals surface area contributed by atoms with Gasteiger partial charge < -0.3 is 0 Å². The number of aryl methyl sites for hydroxylation is 2. The van der Waals surface area contributed by atoms with Crippen molar-refractivity contribution in [3.05, 3.63) is 44.0 Å². The highest BCUT2D eigenvalue weighted by molar-refractivity contribution is 9.10. The summed E-state index contributed by atoms with van der Waals surface area (Å²) in [7, 11) is 1.87. The van der Waals surface area contributed by atoms with E-state index in [1.165, 1.54) is 11.3 Å². The van der Waals surface area contributed by atoms with Crippen molar-refractivity contribution in [3.8, 4) is 0 Å². The maximum atomic E-state index is 12.3. The average Bonchev–Trinajstić information content (AvgIpc) is 2.93. The number of aromatic nitrogens is 4. The van der Waals surface area contributed by atoms with Crippen LogP contribution >= 0.6 is 27.3 Å². The van der Waals surface area contributed by atoms with E-state index in [1.807, 2.05) is 25.4 Å². The van der Waals surface area contributed by atoms with Crippen LogP contribution in [0.3, 0.4) is 0 Å². The van der Waals surface area contributed by atoms with E-state index in [0.717, 1.165) is 21.4 Å². The van der Waals surface area contributed by atoms with Gasteiger partial charge in [-0.3, -0.25) is 14.0 Å². The summed E-state index contributed by atoms with van der Waals surface area (Å²) in [5.41, 5.74) is 2.62. The Morgan fingerprint density at radius 1 is 1.47 bits per heavy atom. The summed E-state index contributed by atoms with van der Waals surface area (Å²) >= 11 is 4.93. The summed E-state index contributed by atoms with van der Waals surface area (Å²) < 4.78 is 5.02. The fourth-order valence-electron chi connectivity index (χ4n) is 2.00. The minimum Gasteiger partial charge on any atom is -0.292 e. The van der Waals surface area contributed by atoms with Gasteiger partial charge in [0.2, 0.25) is 0 Å². The Kier molecular flexibility index (Phi) is 3.02. The molecule has 0 radical (unpaired) electrons. The lowest BCUT2D eigenvalue weighted by Gasteiger charge is -2.06. The van der Waals surface area contributed by atoms with E-state index < -0.39 is 0 Å². The van der Waals surface area contributed by atoms with Gasteiger partial charge in [0.05, 0.1) is 34.2 Å². The number of thiophene rings is 1. The van der Waals surface area contributed by atoms with E-state index in [-0.39, 0.29) is 5.56 Å². The summed E-state index contributed by atoms with van der Waals surface area (Å²) in [5.74, 6) is 0. The highest BCUT2D eigenvalue weighted by Gasteiger charge is 2.13. The maximum Gasteiger partial charge on any atom is 0.271 e. The van der Waals surface area contributed by atoms with Crippen molar-refractivity contribution in [2.45, 2.75) is 13.5 Å². The number of rotatable bonds is 2. The first-order valence-electron chi connectivity index (χ1n) is 5.68. The van der Waals surface area contributed by atoms with E-state index in [2.05, 4.69) is 26.0 Å². The monoisotopic (exact) mass is 338 g/mol. The molecule has 0 saturated carbocycles. The van der Waals surface area contributed by atoms with Crippen LogP contribution in [0.5, 0.6) is 0 Å². The third-order valence-corrected chi connectivity index (χ3v) is 4.94. The zero-order valence-electron chi connectivity index (χ0n) is 10.4. The lowest BCUT2D eigenvalue weighted by Crippen LogP contribution is -2.21. The first kappa shape index (κ1) is 12.6. The Hall–Kier alpha value is -1.47. The molecule has 19 heavy (non-hydrogen) atoms. The molecule has 3 heterocycles. The van der Waals surface area contributed by atoms with E-state index in [4.69, 9.17) is 0 Å². The molecule has 7 heteroatoms. The largest absolute Gasteiger partial charge is 0.292 e. The van der Waals surface area contributed by atoms with Gasteiger partial charge in [-0.05, 0) is 34.3 Å². The van der Waals surface area contributed by atoms with E-state index in [1.54, 1.807) is 15.6 Å². The molecule has 0 spiro atoms. The van der Waals surface area contributed by atoms with Crippen LogP contribution in [0, 0.1) is 6.92 Å². The third kappa shape index (κ3) is 2.02. The second-order valence-corrected chi connectivity index (χ2v) is 5.99. The Labute approximate surface area is 121 Å². The van der Waals surface area contributed by atoms with Gasteiger partial charge in [0, 0.05) is 7.05 Å². The van der Waals surface area contributed by atoms with Gasteiger partial charge in [0.25, 0.3) is 5.56 Å². The molecule has 5 nitrogen and oxygen atoms in total. The topological polar surface area (TPSA) is 52.7 Å². The predicted octanol–water partition coefficient (Wildman–Crippen LogP) is 2.31. The van der Waals surface area contributed by atoms with Crippen molar-refractivity contribution >= 4 is 37.5 Å². The van der Waals surface area contributed by atoms with Gasteiger partial charge in [0.1, 0.15) is 4.70 Å². The SMILES string of the molecule is Cc1nn(C)c(Cn2cnc3ccsc3c2=O)c1Br. The summed E-state index contributed by atoms with van der Waals surface area (Å²) in [4.78, 5) is 16.6. The molecule has 0 aliphatic heterocycles. The molecule has 3 aromatic heterocycles. The third-order valence-electron chi connectivity index (χ3n) is 3.02. The molecular formula is C12H11BrN4OS. The van der Waals surface area contributed by atoms with Crippen LogP contribution in [0.25, 0.3) is 10.2 Å². The van der Waals surface area contributed by atoms with Crippen LogP contribution in [0.2, 0.25) is 0 Å². The predicted molar refractivity (Wildman–Crippen MR) is 78.6 cm³/mol. The molecule has 0 bridgehead atoms. The molecule has 0 unspecified atom stereocenters. The maximum absolute atomic E-state index is 12.3. The lowest BCUT2D eigenvalue weighted by molar-refractivity contribution is 0.647. The van der Waals surface area contributed by atoms with Crippen molar-refractivity contribution in [1.82, 2.24) is 19.3 Å². The lowest BCUT2D eigenvalue weighted by atomic mass is 10.3. The standard InChI is InChI=1S/C12H11BrN4OS/c1-7-10(13)9(16(2)15-7)5-17-6-14-8-3-4-19-11(8)12(17)18/h3-4,6H,5H2,1-2H3. The van der Waals surface area contributed by atoms with Crippen molar-refractivity contribution in [2.75, 3.05) is 0 Å². The molecule has 3 rings (SSSR count). The number of hydrogen-bond acceptors (Lipinski definition) is 4. The minimum atomic E-state index is -0.00856. The van der Waals surface area contributed by atoms with Crippen LogP contribution in [-0.4, -0.2) is 19.3 Å². The smallest absolute Gasteiger partial charge is 0.271 e. The summed E-state index contributed by atoms with van der Waals surface area (Å²) in [6, 6.07) is 1.86. The van der Waals surface area contributed by atoms with Crippen LogP contribution in [0.1, 0.15) is 11.4 Å². The number of hydrogen-bond donors (Lipinski definition) is 0. The Morgan fingerprint density at radius 2 is 2.26 bits per heavy atom. The van der Waals surface area contributed by atoms with Gasteiger partial charge >= 0.3 is 0 Å². The average molecular weight is 339 g/mol. The summed E-state index contributed by atoms with van der Waals surface area (Å²) in [6.45, 7) is 2.38. The van der Waals surface area contributed by atoms with Crippen LogP contribution in [0.4, 0.5) is 0 Å². The Morgan fingerprint density at radius 3 is 2.95 bits per heavy atom. The van der Waals surface area contributed by atoms with E-state index in [0.29, 0.717) is 11.2 Å². The highest BCUT2D eigenvalue weighted by atomic mass is 79.9. The molecule has 0 aliphatic carbocycles. The van der Waals surface area contributed by atoms with Gasteiger partial charge in [-0.1, -0.05) is 0 Å². The zero-order valence-corrected chi connectivity index (χ0v) is 12.8. The molecule has 0 fully saturated rings. The van der Waals surface area contributed by atoms with Gasteiger partial charge in [-0.25, -0.2) is 4.98 Å². The van der Waals surface area contributed by atoms with Crippen LogP contribution in [-0.2, 0) is 13.6 Å². The molecule has 0 atom stereocenters. The van der Waals surface area contributed by atoms with Crippen LogP contribution < -0.4 is 5.56 Å². The summed E-state index contributed by atoms with van der Waals surface area (Å²) in [5, 5.41) is 6.21.